The van der Waals surface area contributed by atoms with Gasteiger partial charge in [0, 0.05) is 43.7 Å². The molecule has 60 heavy (non-hydrogen) atoms. The van der Waals surface area contributed by atoms with E-state index in [9.17, 15) is 41.7 Å². The van der Waals surface area contributed by atoms with E-state index in [1.807, 2.05) is 25.2 Å². The summed E-state index contributed by atoms with van der Waals surface area (Å²) in [6.07, 6.45) is 13.9. The Balaban J connectivity index is 1.19. The van der Waals surface area contributed by atoms with Gasteiger partial charge in [-0.1, -0.05) is 25.2 Å². The molecule has 3 aliphatic rings. The zero-order valence-electron chi connectivity index (χ0n) is 34.3. The maximum absolute atomic E-state index is 13.1. The predicted molar refractivity (Wildman–Crippen MR) is 215 cm³/mol. The summed E-state index contributed by atoms with van der Waals surface area (Å²) < 4.78 is 65.9. The normalized spacial score (nSPS) is 22.3. The Labute approximate surface area is 351 Å². The topological polar surface area (TPSA) is 264 Å². The molecule has 338 valence electrons. The molecule has 1 heterocycles. The second kappa shape index (κ2) is 27.4. The van der Waals surface area contributed by atoms with Gasteiger partial charge in [0.15, 0.2) is 5.25 Å². The van der Waals surface area contributed by atoms with E-state index < -0.39 is 51.5 Å². The summed E-state index contributed by atoms with van der Waals surface area (Å²) >= 11 is 0. The van der Waals surface area contributed by atoms with E-state index in [-0.39, 0.29) is 103 Å². The lowest BCUT2D eigenvalue weighted by atomic mass is 9.78. The largest absolute Gasteiger partial charge is 0.446 e. The Bertz CT molecular complexity index is 1590. The second-order valence-electron chi connectivity index (χ2n) is 14.5. The maximum atomic E-state index is 13.1. The van der Waals surface area contributed by atoms with Gasteiger partial charge in [0.05, 0.1) is 59.4 Å². The number of hydrogen-bond donors (Lipinski definition) is 5. The van der Waals surface area contributed by atoms with E-state index >= 15 is 0 Å². The van der Waals surface area contributed by atoms with E-state index in [1.54, 1.807) is 0 Å². The molecule has 6 amide bonds. The van der Waals surface area contributed by atoms with Gasteiger partial charge in [0.2, 0.25) is 11.8 Å². The van der Waals surface area contributed by atoms with Crippen LogP contribution in [0.15, 0.2) is 36.5 Å². The van der Waals surface area contributed by atoms with Crippen molar-refractivity contribution in [1.82, 2.24) is 26.2 Å². The van der Waals surface area contributed by atoms with Gasteiger partial charge >= 0.3 is 12.2 Å². The predicted octanol–water partition coefficient (Wildman–Crippen LogP) is 1.31. The van der Waals surface area contributed by atoms with Gasteiger partial charge in [-0.25, -0.2) is 9.59 Å². The van der Waals surface area contributed by atoms with Gasteiger partial charge in [-0.2, -0.15) is 8.42 Å². The number of alkyl carbamates (subject to hydrolysis) is 2. The molecule has 3 rings (SSSR count). The number of allylic oxidation sites excluding steroid dienone is 3. The van der Waals surface area contributed by atoms with Crippen LogP contribution in [0, 0.1) is 5.41 Å². The van der Waals surface area contributed by atoms with Crippen LogP contribution in [-0.4, -0.2) is 157 Å². The number of amides is 6. The third-order valence-electron chi connectivity index (χ3n) is 9.77. The summed E-state index contributed by atoms with van der Waals surface area (Å²) in [6.45, 7) is 3.30. The molecule has 0 aromatic carbocycles. The summed E-state index contributed by atoms with van der Waals surface area (Å²) in [7, 11) is -4.83. The van der Waals surface area contributed by atoms with Crippen molar-refractivity contribution in [1.29, 1.82) is 0 Å². The van der Waals surface area contributed by atoms with Crippen LogP contribution in [0.5, 0.6) is 0 Å². The van der Waals surface area contributed by atoms with E-state index in [0.29, 0.717) is 38.5 Å². The summed E-state index contributed by atoms with van der Waals surface area (Å²) in [5.74, 6) is -1.87. The Morgan fingerprint density at radius 1 is 0.733 bits per heavy atom. The van der Waals surface area contributed by atoms with Crippen molar-refractivity contribution in [2.75, 3.05) is 85.6 Å². The van der Waals surface area contributed by atoms with Crippen molar-refractivity contribution in [3.8, 4) is 0 Å². The zero-order valence-corrected chi connectivity index (χ0v) is 35.1. The molecule has 21 heteroatoms. The average molecular weight is 872 g/mol. The lowest BCUT2D eigenvalue weighted by molar-refractivity contribution is -0.137. The van der Waals surface area contributed by atoms with Crippen LogP contribution in [0.1, 0.15) is 64.7 Å². The fourth-order valence-electron chi connectivity index (χ4n) is 6.27. The number of carbonyl (C=O) groups is 6. The van der Waals surface area contributed by atoms with Crippen LogP contribution in [0.4, 0.5) is 9.59 Å². The monoisotopic (exact) mass is 871 g/mol. The Morgan fingerprint density at radius 2 is 1.33 bits per heavy atom. The molecule has 0 spiro atoms. The third kappa shape index (κ3) is 19.8. The maximum Gasteiger partial charge on any atom is 0.407 e. The van der Waals surface area contributed by atoms with Crippen LogP contribution in [0.3, 0.4) is 0 Å². The Hall–Kier alpha value is -4.41. The first-order valence-electron chi connectivity index (χ1n) is 20.4. The number of nitrogens with zero attached hydrogens (tertiary/aromatic N) is 1. The van der Waals surface area contributed by atoms with Crippen molar-refractivity contribution in [2.24, 2.45) is 5.41 Å². The molecule has 20 nitrogen and oxygen atoms in total. The molecule has 0 saturated carbocycles. The molecule has 4 atom stereocenters. The molecule has 2 aliphatic carbocycles. The molecular weight excluding hydrogens is 811 g/mol. The highest BCUT2D eigenvalue weighted by Gasteiger charge is 2.34. The molecule has 0 radical (unpaired) electrons. The Kier molecular flexibility index (Phi) is 22.8. The van der Waals surface area contributed by atoms with Crippen LogP contribution in [-0.2, 0) is 57.7 Å². The van der Waals surface area contributed by atoms with Gasteiger partial charge in [0.1, 0.15) is 12.2 Å². The standard InChI is InChI=1S/C39H61N5O15S/c1-39(15-8-7-11-31(14-16-39)59-37(49)42-19-23-56-27-28-57-24-20-44-33(45)12-13-34(44)46)36(48)41-18-22-55-26-25-54-21-17-40-35(47)32(60(51,52)53)29-43-38(50)58-30-9-5-3-2-4-6-10-30/h2-3,7,11-13,30-32H,4-6,8-10,14-29H2,1H3,(H,40,47)(H,41,48)(H,42,49)(H,43,50)(H,51,52,53)/b3-2+,11-7+/t30-,31+,32?,39-/m0/s1. The van der Waals surface area contributed by atoms with Crippen molar-refractivity contribution in [3.63, 3.8) is 0 Å². The smallest absolute Gasteiger partial charge is 0.407 e. The highest BCUT2D eigenvalue weighted by Crippen LogP contribution is 2.33. The van der Waals surface area contributed by atoms with Crippen molar-refractivity contribution in [3.05, 3.63) is 36.5 Å². The van der Waals surface area contributed by atoms with Gasteiger partial charge in [-0.15, -0.1) is 0 Å². The number of carbonyl (C=O) groups excluding carboxylic acids is 6. The van der Waals surface area contributed by atoms with E-state index in [1.165, 1.54) is 12.2 Å². The Morgan fingerprint density at radius 3 is 2.00 bits per heavy atom. The molecule has 0 bridgehead atoms. The van der Waals surface area contributed by atoms with Crippen LogP contribution in [0.25, 0.3) is 0 Å². The lowest BCUT2D eigenvalue weighted by Gasteiger charge is -2.30. The second-order valence-corrected chi connectivity index (χ2v) is 16.1. The summed E-state index contributed by atoms with van der Waals surface area (Å²) in [5.41, 5.74) is -0.692. The van der Waals surface area contributed by atoms with Crippen molar-refractivity contribution in [2.45, 2.75) is 82.2 Å². The number of imide groups is 1. The first-order valence-corrected chi connectivity index (χ1v) is 21.9. The van der Waals surface area contributed by atoms with Gasteiger partial charge in [-0.3, -0.25) is 28.6 Å². The highest BCUT2D eigenvalue weighted by molar-refractivity contribution is 7.87. The number of hydrogen-bond acceptors (Lipinski definition) is 14. The minimum absolute atomic E-state index is 0.0230. The van der Waals surface area contributed by atoms with Crippen molar-refractivity contribution >= 4 is 45.9 Å². The SMILES string of the molecule is C[C@]1(C(=O)NCCOCCOCCNC(=O)C(CNC(=O)O[C@H]2CC/C=C/CCC2)S(=O)(=O)O)CC/C=C/[C@@H](OC(=O)NCCOCCOCCN2C(=O)C=CC2=O)CC1. The van der Waals surface area contributed by atoms with Gasteiger partial charge in [-0.05, 0) is 63.9 Å². The molecule has 0 fully saturated rings. The fourth-order valence-corrected chi connectivity index (χ4v) is 6.92. The van der Waals surface area contributed by atoms with E-state index in [4.69, 9.17) is 28.4 Å². The third-order valence-corrected chi connectivity index (χ3v) is 10.9. The quantitative estimate of drug-likeness (QED) is 0.0375. The summed E-state index contributed by atoms with van der Waals surface area (Å²) in [6, 6.07) is 0. The van der Waals surface area contributed by atoms with Gasteiger partial charge < -0.3 is 49.7 Å². The van der Waals surface area contributed by atoms with E-state index in [0.717, 1.165) is 24.2 Å². The number of rotatable bonds is 25. The molecule has 0 saturated heterocycles. The van der Waals surface area contributed by atoms with Crippen LogP contribution in [0.2, 0.25) is 0 Å². The molecular formula is C39H61N5O15S. The molecule has 1 unspecified atom stereocenters. The summed E-state index contributed by atoms with van der Waals surface area (Å²) in [4.78, 5) is 74.3. The average Bonchev–Trinajstić information content (AvgIpc) is 3.50. The zero-order chi connectivity index (χ0) is 43.6. The minimum atomic E-state index is -4.83. The van der Waals surface area contributed by atoms with Crippen LogP contribution < -0.4 is 21.3 Å². The lowest BCUT2D eigenvalue weighted by Crippen LogP contribution is -2.48. The first kappa shape index (κ1) is 49.9. The van der Waals surface area contributed by atoms with Crippen molar-refractivity contribution < 1.29 is 70.2 Å². The number of ether oxygens (including phenoxy) is 6. The minimum Gasteiger partial charge on any atom is -0.446 e. The fraction of sp³-hybridized carbons (Fsp3) is 0.692. The molecule has 0 aromatic heterocycles. The number of nitrogens with one attached hydrogen (secondary N) is 4. The molecule has 0 aromatic rings. The molecule has 1 aliphatic heterocycles. The first-order chi connectivity index (χ1) is 28.8. The highest BCUT2D eigenvalue weighted by atomic mass is 32.2. The molecule has 5 N–H and O–H groups in total. The summed E-state index contributed by atoms with van der Waals surface area (Å²) in [5, 5.41) is 8.24. The van der Waals surface area contributed by atoms with E-state index in [2.05, 4.69) is 27.3 Å². The van der Waals surface area contributed by atoms with Crippen LogP contribution >= 0.6 is 0 Å². The van der Waals surface area contributed by atoms with Gasteiger partial charge in [0.25, 0.3) is 21.9 Å².